The molecule has 0 aliphatic carbocycles. The number of amides is 1. The van der Waals surface area contributed by atoms with Crippen molar-refractivity contribution in [1.29, 1.82) is 0 Å². The third-order valence-electron chi connectivity index (χ3n) is 6.03. The van der Waals surface area contributed by atoms with Crippen LogP contribution in [0.25, 0.3) is 0 Å². The summed E-state index contributed by atoms with van der Waals surface area (Å²) in [5, 5.41) is 3.52. The minimum Gasteiger partial charge on any atom is -0.385 e. The summed E-state index contributed by atoms with van der Waals surface area (Å²) in [6.45, 7) is 3.38. The molecule has 0 saturated carbocycles. The Hall–Kier alpha value is -2.02. The number of halogens is 4. The highest BCUT2D eigenvalue weighted by atomic mass is 79.9. The zero-order valence-electron chi connectivity index (χ0n) is 17.8. The molecule has 1 N–H and O–H groups in total. The van der Waals surface area contributed by atoms with Gasteiger partial charge in [-0.15, -0.1) is 0 Å². The Morgan fingerprint density at radius 1 is 1.10 bits per heavy atom. The van der Waals surface area contributed by atoms with Gasteiger partial charge in [0.05, 0.1) is 0 Å². The quantitative estimate of drug-likeness (QED) is 0.510. The van der Waals surface area contributed by atoms with E-state index in [-0.39, 0.29) is 0 Å². The second kappa shape index (κ2) is 9.63. The lowest BCUT2D eigenvalue weighted by atomic mass is 9.88. The Kier molecular flexibility index (Phi) is 7.35. The highest BCUT2D eigenvalue weighted by Gasteiger charge is 2.54. The summed E-state index contributed by atoms with van der Waals surface area (Å²) in [6, 6.07) is 16.4. The van der Waals surface area contributed by atoms with Gasteiger partial charge in [-0.2, -0.15) is 13.2 Å². The van der Waals surface area contributed by atoms with E-state index < -0.39 is 17.5 Å². The van der Waals surface area contributed by atoms with E-state index in [1.807, 2.05) is 30.3 Å². The molecule has 1 heterocycles. The van der Waals surface area contributed by atoms with Crippen LogP contribution in [0.1, 0.15) is 37.8 Å². The Labute approximate surface area is 190 Å². The first-order valence-electron chi connectivity index (χ1n) is 10.5. The van der Waals surface area contributed by atoms with Gasteiger partial charge in [0.15, 0.2) is 0 Å². The van der Waals surface area contributed by atoms with E-state index in [9.17, 15) is 18.0 Å². The lowest BCUT2D eigenvalue weighted by molar-refractivity contribution is -0.217. The van der Waals surface area contributed by atoms with Gasteiger partial charge in [0.25, 0.3) is 0 Å². The van der Waals surface area contributed by atoms with Crippen LogP contribution in [0.15, 0.2) is 53.0 Å². The predicted octanol–water partition coefficient (Wildman–Crippen LogP) is 6.28. The molecule has 3 rings (SSSR count). The molecular weight excluding hydrogens is 469 g/mol. The average Bonchev–Trinajstić information content (AvgIpc) is 2.73. The molecule has 0 bridgehead atoms. The minimum atomic E-state index is -4.54. The van der Waals surface area contributed by atoms with Gasteiger partial charge in [-0.05, 0) is 68.4 Å². The normalized spacial score (nSPS) is 15.7. The molecule has 0 radical (unpaired) electrons. The number of carbonyl (C=O) groups is 1. The second-order valence-corrected chi connectivity index (χ2v) is 9.62. The summed E-state index contributed by atoms with van der Waals surface area (Å²) in [5.41, 5.74) is 1.12. The van der Waals surface area contributed by atoms with Crippen molar-refractivity contribution in [3.63, 3.8) is 0 Å². The van der Waals surface area contributed by atoms with Gasteiger partial charge in [0.1, 0.15) is 5.41 Å². The molecule has 1 aliphatic rings. The van der Waals surface area contributed by atoms with E-state index in [1.165, 1.54) is 16.0 Å². The van der Waals surface area contributed by atoms with Gasteiger partial charge in [0, 0.05) is 29.8 Å². The minimum absolute atomic E-state index is 0.311. The molecule has 3 nitrogen and oxygen atoms in total. The maximum Gasteiger partial charge on any atom is 0.402 e. The van der Waals surface area contributed by atoms with Gasteiger partial charge >= 0.3 is 6.18 Å². The Bertz CT molecular complexity index is 891. The average molecular weight is 497 g/mol. The van der Waals surface area contributed by atoms with Gasteiger partial charge < -0.3 is 10.2 Å². The number of hydrogen-bond acceptors (Lipinski definition) is 2. The molecule has 2 aromatic rings. The fourth-order valence-electron chi connectivity index (χ4n) is 3.81. The molecule has 2 aromatic carbocycles. The highest BCUT2D eigenvalue weighted by Crippen LogP contribution is 2.39. The monoisotopic (exact) mass is 496 g/mol. The first kappa shape index (κ1) is 23.6. The van der Waals surface area contributed by atoms with E-state index in [1.54, 1.807) is 0 Å². The van der Waals surface area contributed by atoms with E-state index >= 15 is 0 Å². The number of benzene rings is 2. The SMILES string of the molecule is CC(C)(C(=O)N1CCC(CNc2ccc(Br)cc2Cc2ccccc2)CC1)C(F)(F)F. The molecule has 0 unspecified atom stereocenters. The number of likely N-dealkylation sites (tertiary alicyclic amines) is 1. The molecule has 7 heteroatoms. The Balaban J connectivity index is 1.57. The molecule has 31 heavy (non-hydrogen) atoms. The van der Waals surface area contributed by atoms with E-state index in [0.717, 1.165) is 37.0 Å². The summed E-state index contributed by atoms with van der Waals surface area (Å²) in [4.78, 5) is 13.8. The second-order valence-electron chi connectivity index (χ2n) is 8.70. The van der Waals surface area contributed by atoms with E-state index in [4.69, 9.17) is 0 Å². The number of nitrogens with one attached hydrogen (secondary N) is 1. The number of carbonyl (C=O) groups excluding carboxylic acids is 1. The number of rotatable bonds is 6. The standard InChI is InChI=1S/C24H28BrF3N2O/c1-23(2,24(26,27)28)22(31)30-12-10-18(11-13-30)16-29-21-9-8-20(25)15-19(21)14-17-6-4-3-5-7-17/h3-9,15,18,29H,10-14,16H2,1-2H3. The number of nitrogens with zero attached hydrogens (tertiary/aromatic N) is 1. The molecule has 1 fully saturated rings. The van der Waals surface area contributed by atoms with Crippen molar-refractivity contribution in [1.82, 2.24) is 4.90 Å². The summed E-state index contributed by atoms with van der Waals surface area (Å²) in [5.74, 6) is -0.518. The van der Waals surface area contributed by atoms with Crippen LogP contribution in [0.2, 0.25) is 0 Å². The molecule has 168 valence electrons. The fraction of sp³-hybridized carbons (Fsp3) is 0.458. The van der Waals surface area contributed by atoms with Crippen LogP contribution in [0.3, 0.4) is 0 Å². The topological polar surface area (TPSA) is 32.3 Å². The maximum atomic E-state index is 13.2. The fourth-order valence-corrected chi connectivity index (χ4v) is 4.22. The smallest absolute Gasteiger partial charge is 0.385 e. The third-order valence-corrected chi connectivity index (χ3v) is 6.52. The summed E-state index contributed by atoms with van der Waals surface area (Å²) in [7, 11) is 0. The lowest BCUT2D eigenvalue weighted by Crippen LogP contribution is -2.51. The van der Waals surface area contributed by atoms with E-state index in [2.05, 4.69) is 39.4 Å². The summed E-state index contributed by atoms with van der Waals surface area (Å²) < 4.78 is 40.6. The molecule has 0 atom stereocenters. The van der Waals surface area contributed by atoms with Crippen LogP contribution < -0.4 is 5.32 Å². The van der Waals surface area contributed by atoms with Gasteiger partial charge in [-0.25, -0.2) is 0 Å². The summed E-state index contributed by atoms with van der Waals surface area (Å²) >= 11 is 3.54. The Morgan fingerprint density at radius 2 is 1.74 bits per heavy atom. The first-order valence-corrected chi connectivity index (χ1v) is 11.3. The molecule has 0 spiro atoms. The highest BCUT2D eigenvalue weighted by molar-refractivity contribution is 9.10. The van der Waals surface area contributed by atoms with Gasteiger partial charge in [-0.1, -0.05) is 46.3 Å². The van der Waals surface area contributed by atoms with Crippen LogP contribution in [-0.2, 0) is 11.2 Å². The molecule has 1 saturated heterocycles. The largest absolute Gasteiger partial charge is 0.402 e. The predicted molar refractivity (Wildman–Crippen MR) is 121 cm³/mol. The van der Waals surface area contributed by atoms with Crippen LogP contribution in [0, 0.1) is 11.3 Å². The number of anilines is 1. The maximum absolute atomic E-state index is 13.2. The zero-order valence-corrected chi connectivity index (χ0v) is 19.4. The molecule has 1 aliphatic heterocycles. The van der Waals surface area contributed by atoms with Crippen molar-refractivity contribution in [3.05, 3.63) is 64.1 Å². The van der Waals surface area contributed by atoms with Crippen molar-refractivity contribution in [2.24, 2.45) is 11.3 Å². The van der Waals surface area contributed by atoms with Gasteiger partial charge in [-0.3, -0.25) is 4.79 Å². The number of alkyl halides is 3. The Morgan fingerprint density at radius 3 is 2.35 bits per heavy atom. The first-order chi connectivity index (χ1) is 14.6. The van der Waals surface area contributed by atoms with Crippen LogP contribution in [-0.4, -0.2) is 36.6 Å². The molecule has 1 amide bonds. The van der Waals surface area contributed by atoms with Crippen LogP contribution >= 0.6 is 15.9 Å². The van der Waals surface area contributed by atoms with Crippen molar-refractivity contribution >= 4 is 27.5 Å². The van der Waals surface area contributed by atoms with Crippen LogP contribution in [0.4, 0.5) is 18.9 Å². The van der Waals surface area contributed by atoms with Crippen LogP contribution in [0.5, 0.6) is 0 Å². The number of piperidine rings is 1. The zero-order chi connectivity index (χ0) is 22.6. The van der Waals surface area contributed by atoms with Crippen molar-refractivity contribution in [2.75, 3.05) is 25.0 Å². The lowest BCUT2D eigenvalue weighted by Gasteiger charge is -2.37. The van der Waals surface area contributed by atoms with Crippen molar-refractivity contribution in [3.8, 4) is 0 Å². The van der Waals surface area contributed by atoms with Crippen molar-refractivity contribution < 1.29 is 18.0 Å². The van der Waals surface area contributed by atoms with E-state index in [0.29, 0.717) is 31.8 Å². The van der Waals surface area contributed by atoms with Gasteiger partial charge in [0.2, 0.25) is 5.91 Å². The molecular formula is C24H28BrF3N2O. The third kappa shape index (κ3) is 5.82. The molecule has 0 aromatic heterocycles. The number of hydrogen-bond donors (Lipinski definition) is 1. The summed E-state index contributed by atoms with van der Waals surface area (Å²) in [6.07, 6.45) is -2.35. The van der Waals surface area contributed by atoms with Crippen molar-refractivity contribution in [2.45, 2.75) is 39.3 Å².